The van der Waals surface area contributed by atoms with Crippen molar-refractivity contribution < 1.29 is 17.9 Å². The van der Waals surface area contributed by atoms with Gasteiger partial charge >= 0.3 is 6.18 Å². The van der Waals surface area contributed by atoms with Gasteiger partial charge in [0.25, 0.3) is 0 Å². The number of ether oxygens (including phenoxy) is 1. The summed E-state index contributed by atoms with van der Waals surface area (Å²) in [5.74, 6) is 0. The van der Waals surface area contributed by atoms with Gasteiger partial charge in [0.05, 0.1) is 24.8 Å². The third kappa shape index (κ3) is 1.98. The molecule has 2 N–H and O–H groups in total. The molecule has 1 aliphatic heterocycles. The first kappa shape index (κ1) is 10.4. The van der Waals surface area contributed by atoms with E-state index in [1.807, 2.05) is 0 Å². The molecule has 1 aromatic carbocycles. The lowest BCUT2D eigenvalue weighted by Gasteiger charge is -2.23. The van der Waals surface area contributed by atoms with Crippen molar-refractivity contribution in [2.75, 3.05) is 6.61 Å². The van der Waals surface area contributed by atoms with Crippen LogP contribution >= 0.6 is 0 Å². The SMILES string of the molecule is N[C@@H]1COCc2ccc(C(F)(F)F)cc21. The zero-order chi connectivity index (χ0) is 11.1. The molecular formula is C10H10F3NO. The average molecular weight is 217 g/mol. The van der Waals surface area contributed by atoms with Crippen LogP contribution in [0.5, 0.6) is 0 Å². The van der Waals surface area contributed by atoms with E-state index >= 15 is 0 Å². The summed E-state index contributed by atoms with van der Waals surface area (Å²) < 4.78 is 42.4. The van der Waals surface area contributed by atoms with E-state index < -0.39 is 17.8 Å². The Morgan fingerprint density at radius 1 is 1.33 bits per heavy atom. The number of halogens is 3. The summed E-state index contributed by atoms with van der Waals surface area (Å²) in [5, 5.41) is 0. The molecule has 82 valence electrons. The Morgan fingerprint density at radius 3 is 2.73 bits per heavy atom. The zero-order valence-corrected chi connectivity index (χ0v) is 7.84. The molecule has 0 amide bonds. The molecule has 0 spiro atoms. The highest BCUT2D eigenvalue weighted by Crippen LogP contribution is 2.33. The molecule has 0 saturated heterocycles. The van der Waals surface area contributed by atoms with Gasteiger partial charge in [-0.1, -0.05) is 6.07 Å². The van der Waals surface area contributed by atoms with Gasteiger partial charge in [-0.05, 0) is 23.3 Å². The molecule has 0 unspecified atom stereocenters. The van der Waals surface area contributed by atoms with Crippen molar-refractivity contribution >= 4 is 0 Å². The fourth-order valence-corrected chi connectivity index (χ4v) is 1.63. The molecule has 0 saturated carbocycles. The van der Waals surface area contributed by atoms with E-state index in [0.717, 1.165) is 17.7 Å². The maximum Gasteiger partial charge on any atom is 0.416 e. The highest BCUT2D eigenvalue weighted by Gasteiger charge is 2.32. The maximum absolute atomic E-state index is 12.4. The zero-order valence-electron chi connectivity index (χ0n) is 7.84. The predicted molar refractivity (Wildman–Crippen MR) is 48.0 cm³/mol. The van der Waals surface area contributed by atoms with Crippen LogP contribution in [-0.2, 0) is 17.5 Å². The fraction of sp³-hybridized carbons (Fsp3) is 0.400. The second kappa shape index (κ2) is 3.50. The first-order valence-corrected chi connectivity index (χ1v) is 4.52. The highest BCUT2D eigenvalue weighted by molar-refractivity contribution is 5.36. The topological polar surface area (TPSA) is 35.2 Å². The number of nitrogens with two attached hydrogens (primary N) is 1. The van der Waals surface area contributed by atoms with Crippen LogP contribution in [0.2, 0.25) is 0 Å². The summed E-state index contributed by atoms with van der Waals surface area (Å²) in [6.07, 6.45) is -4.31. The van der Waals surface area contributed by atoms with Crippen LogP contribution in [0.25, 0.3) is 0 Å². The third-order valence-corrected chi connectivity index (χ3v) is 2.43. The molecule has 2 rings (SSSR count). The van der Waals surface area contributed by atoms with E-state index in [9.17, 15) is 13.2 Å². The van der Waals surface area contributed by atoms with Gasteiger partial charge in [0, 0.05) is 0 Å². The maximum atomic E-state index is 12.4. The van der Waals surface area contributed by atoms with Crippen LogP contribution in [0.15, 0.2) is 18.2 Å². The smallest absolute Gasteiger partial charge is 0.375 e. The van der Waals surface area contributed by atoms with Crippen molar-refractivity contribution in [2.24, 2.45) is 5.73 Å². The number of hydrogen-bond donors (Lipinski definition) is 1. The minimum absolute atomic E-state index is 0.272. The Kier molecular flexibility index (Phi) is 2.44. The molecule has 1 aliphatic rings. The summed E-state index contributed by atoms with van der Waals surface area (Å²) >= 11 is 0. The summed E-state index contributed by atoms with van der Waals surface area (Å²) in [5.41, 5.74) is 6.29. The fourth-order valence-electron chi connectivity index (χ4n) is 1.63. The Balaban J connectivity index is 2.44. The summed E-state index contributed by atoms with van der Waals surface area (Å²) in [4.78, 5) is 0. The van der Waals surface area contributed by atoms with Gasteiger partial charge < -0.3 is 10.5 Å². The van der Waals surface area contributed by atoms with Crippen molar-refractivity contribution in [3.63, 3.8) is 0 Å². The number of fused-ring (bicyclic) bond motifs is 1. The Hall–Kier alpha value is -1.07. The molecule has 1 atom stereocenters. The third-order valence-electron chi connectivity index (χ3n) is 2.43. The normalized spacial score (nSPS) is 21.2. The minimum atomic E-state index is -4.31. The lowest BCUT2D eigenvalue weighted by atomic mass is 9.97. The summed E-state index contributed by atoms with van der Waals surface area (Å²) in [6, 6.07) is 3.14. The van der Waals surface area contributed by atoms with Crippen molar-refractivity contribution in [1.29, 1.82) is 0 Å². The number of benzene rings is 1. The van der Waals surface area contributed by atoms with Crippen LogP contribution in [-0.4, -0.2) is 6.61 Å². The van der Waals surface area contributed by atoms with Crippen molar-refractivity contribution in [3.05, 3.63) is 34.9 Å². The molecule has 0 bridgehead atoms. The molecule has 0 fully saturated rings. The second-order valence-corrected chi connectivity index (χ2v) is 3.53. The molecule has 15 heavy (non-hydrogen) atoms. The standard InChI is InChI=1S/C10H10F3NO/c11-10(12,13)7-2-1-6-4-15-5-9(14)8(6)3-7/h1-3,9H,4-5,14H2/t9-/m1/s1. The van der Waals surface area contributed by atoms with E-state index in [1.54, 1.807) is 0 Å². The van der Waals surface area contributed by atoms with Gasteiger partial charge in [-0.2, -0.15) is 13.2 Å². The van der Waals surface area contributed by atoms with Crippen molar-refractivity contribution in [2.45, 2.75) is 18.8 Å². The van der Waals surface area contributed by atoms with Gasteiger partial charge in [0.2, 0.25) is 0 Å². The van der Waals surface area contributed by atoms with Crippen LogP contribution < -0.4 is 5.73 Å². The minimum Gasteiger partial charge on any atom is -0.375 e. The predicted octanol–water partition coefficient (Wildman–Crippen LogP) is 2.24. The largest absolute Gasteiger partial charge is 0.416 e. The quantitative estimate of drug-likeness (QED) is 0.723. The Labute approximate surface area is 84.8 Å². The summed E-state index contributed by atoms with van der Waals surface area (Å²) in [6.45, 7) is 0.607. The average Bonchev–Trinajstić information content (AvgIpc) is 2.16. The Bertz CT molecular complexity index is 375. The summed E-state index contributed by atoms with van der Waals surface area (Å²) in [7, 11) is 0. The van der Waals surface area contributed by atoms with Gasteiger partial charge in [-0.3, -0.25) is 0 Å². The first-order valence-electron chi connectivity index (χ1n) is 4.52. The van der Waals surface area contributed by atoms with E-state index in [4.69, 9.17) is 10.5 Å². The van der Waals surface area contributed by atoms with Gasteiger partial charge in [-0.15, -0.1) is 0 Å². The molecular weight excluding hydrogens is 207 g/mol. The molecule has 1 heterocycles. The number of hydrogen-bond acceptors (Lipinski definition) is 2. The lowest BCUT2D eigenvalue weighted by Crippen LogP contribution is -2.24. The van der Waals surface area contributed by atoms with E-state index in [2.05, 4.69) is 0 Å². The molecule has 0 aromatic heterocycles. The van der Waals surface area contributed by atoms with Crippen LogP contribution in [0, 0.1) is 0 Å². The number of rotatable bonds is 0. The van der Waals surface area contributed by atoms with Crippen molar-refractivity contribution in [3.8, 4) is 0 Å². The van der Waals surface area contributed by atoms with Gasteiger partial charge in [-0.25, -0.2) is 0 Å². The van der Waals surface area contributed by atoms with Crippen LogP contribution in [0.4, 0.5) is 13.2 Å². The molecule has 0 aliphatic carbocycles. The molecule has 2 nitrogen and oxygen atoms in total. The first-order chi connectivity index (χ1) is 6.98. The van der Waals surface area contributed by atoms with E-state index in [1.165, 1.54) is 6.07 Å². The van der Waals surface area contributed by atoms with Crippen LogP contribution in [0.1, 0.15) is 22.7 Å². The van der Waals surface area contributed by atoms with Gasteiger partial charge in [0.15, 0.2) is 0 Å². The molecule has 5 heteroatoms. The monoisotopic (exact) mass is 217 g/mol. The van der Waals surface area contributed by atoms with Crippen molar-refractivity contribution in [1.82, 2.24) is 0 Å². The Morgan fingerprint density at radius 2 is 2.07 bits per heavy atom. The molecule has 0 radical (unpaired) electrons. The lowest BCUT2D eigenvalue weighted by molar-refractivity contribution is -0.137. The van der Waals surface area contributed by atoms with E-state index in [0.29, 0.717) is 12.2 Å². The van der Waals surface area contributed by atoms with Gasteiger partial charge in [0.1, 0.15) is 0 Å². The number of alkyl halides is 3. The van der Waals surface area contributed by atoms with E-state index in [-0.39, 0.29) is 6.61 Å². The van der Waals surface area contributed by atoms with Crippen LogP contribution in [0.3, 0.4) is 0 Å². The second-order valence-electron chi connectivity index (χ2n) is 3.53. The molecule has 1 aromatic rings. The highest BCUT2D eigenvalue weighted by atomic mass is 19.4.